The Morgan fingerprint density at radius 1 is 1.13 bits per heavy atom. The van der Waals surface area contributed by atoms with Gasteiger partial charge in [0.05, 0.1) is 0 Å². The Morgan fingerprint density at radius 2 is 1.67 bits per heavy atom. The molecule has 0 saturated heterocycles. The fourth-order valence-electron chi connectivity index (χ4n) is 2.83. The van der Waals surface area contributed by atoms with Crippen LogP contribution in [0.4, 0.5) is 0 Å². The molecular weight excluding hydrogens is 431 g/mol. The van der Waals surface area contributed by atoms with Gasteiger partial charge >= 0.3 is 35.0 Å². The van der Waals surface area contributed by atoms with Crippen molar-refractivity contribution in [2.45, 2.75) is 83.3 Å². The van der Waals surface area contributed by atoms with Crippen molar-refractivity contribution in [2.75, 3.05) is 6.61 Å². The number of carbonyl (C=O) groups is 2. The van der Waals surface area contributed by atoms with E-state index in [1.165, 1.54) is 32.1 Å². The van der Waals surface area contributed by atoms with Crippen molar-refractivity contribution >= 4 is 42.8 Å². The molecule has 2 atom stereocenters. The number of hydrogen-bond donors (Lipinski definition) is 2. The Kier molecular flexibility index (Phi) is 14.6. The van der Waals surface area contributed by atoms with Crippen LogP contribution in [0.3, 0.4) is 0 Å². The molecule has 0 unspecified atom stereocenters. The topological polar surface area (TPSA) is 165 Å². The first kappa shape index (κ1) is 29.2. The second-order valence-electron chi connectivity index (χ2n) is 6.91. The molecule has 0 spiro atoms. The van der Waals surface area contributed by atoms with Gasteiger partial charge in [-0.3, -0.25) is 4.79 Å². The van der Waals surface area contributed by atoms with Crippen LogP contribution < -0.4 is 9.79 Å². The fourth-order valence-corrected chi connectivity index (χ4v) is 3.22. The smallest absolute Gasteiger partial charge is 0.780 e. The Morgan fingerprint density at radius 3 is 2.20 bits per heavy atom. The van der Waals surface area contributed by atoms with E-state index in [0.29, 0.717) is 6.42 Å². The van der Waals surface area contributed by atoms with Gasteiger partial charge in [0.25, 0.3) is 5.76 Å². The van der Waals surface area contributed by atoms with E-state index in [1.54, 1.807) is 0 Å². The number of aliphatic hydroxyl groups excluding tert-OH is 2. The minimum Gasteiger partial charge on any atom is -0.780 e. The number of phosphoric acid groups is 1. The van der Waals surface area contributed by atoms with Gasteiger partial charge < -0.3 is 38.6 Å². The summed E-state index contributed by atoms with van der Waals surface area (Å²) in [6.45, 7) is 1.59. The summed E-state index contributed by atoms with van der Waals surface area (Å²) in [5.74, 6) is -4.23. The average Bonchev–Trinajstić information content (AvgIpc) is 2.91. The number of hydrogen-bond acceptors (Lipinski definition) is 10. The summed E-state index contributed by atoms with van der Waals surface area (Å²) >= 11 is 0. The van der Waals surface area contributed by atoms with E-state index in [2.05, 4.69) is 16.2 Å². The first-order valence-electron chi connectivity index (χ1n) is 9.85. The molecule has 0 bridgehead atoms. The van der Waals surface area contributed by atoms with E-state index in [4.69, 9.17) is 4.74 Å². The van der Waals surface area contributed by atoms with E-state index < -0.39 is 50.1 Å². The largest absolute Gasteiger partial charge is 2.00 e. The minimum atomic E-state index is -5.59. The zero-order valence-corrected chi connectivity index (χ0v) is 19.6. The van der Waals surface area contributed by atoms with Crippen molar-refractivity contribution in [3.8, 4) is 0 Å². The molecule has 1 aliphatic rings. The van der Waals surface area contributed by atoms with Crippen molar-refractivity contribution in [3.05, 3.63) is 11.5 Å². The number of carbonyl (C=O) groups excluding carboxylic acids is 2. The molecule has 0 aliphatic carbocycles. The van der Waals surface area contributed by atoms with E-state index in [9.17, 15) is 34.2 Å². The van der Waals surface area contributed by atoms with Gasteiger partial charge in [0.2, 0.25) is 0 Å². The molecule has 1 rings (SSSR count). The first-order valence-corrected chi connectivity index (χ1v) is 11.3. The molecule has 2 N–H and O–H groups in total. The summed E-state index contributed by atoms with van der Waals surface area (Å²) in [5.41, 5.74) is 0. The third-order valence-corrected chi connectivity index (χ3v) is 4.78. The van der Waals surface area contributed by atoms with E-state index in [-0.39, 0.29) is 29.5 Å². The van der Waals surface area contributed by atoms with Gasteiger partial charge in [-0.05, 0) is 6.42 Å². The molecule has 0 aromatic carbocycles. The number of ether oxygens (including phenoxy) is 2. The molecule has 10 nitrogen and oxygen atoms in total. The maximum absolute atomic E-state index is 11.7. The standard InChI is InChI=1S/C18H31O10P.Mg/c1-2-3-4-5-6-7-8-9-10-11-14(20)26-12-13(19)16-15(21)17(18(22)27-16)28-29(23,24)25;/h13,16,19,21H,2-12H2,1H3,(H2,23,24,25);/q;+2/p-2/t13-,16+;/m0./s1. The molecular formula is C18H29MgO10P. The zero-order valence-electron chi connectivity index (χ0n) is 17.2. The second kappa shape index (κ2) is 15.0. The Bertz CT molecular complexity index is 618. The summed E-state index contributed by atoms with van der Waals surface area (Å²) < 4.78 is 23.8. The summed E-state index contributed by atoms with van der Waals surface area (Å²) in [7, 11) is -5.59. The van der Waals surface area contributed by atoms with Crippen LogP contribution in [0.2, 0.25) is 0 Å². The number of rotatable bonds is 15. The van der Waals surface area contributed by atoms with Gasteiger partial charge in [0.15, 0.2) is 11.9 Å². The van der Waals surface area contributed by atoms with Crippen LogP contribution in [-0.4, -0.2) is 64.0 Å². The van der Waals surface area contributed by atoms with Crippen molar-refractivity contribution in [3.63, 3.8) is 0 Å². The average molecular weight is 461 g/mol. The normalized spacial score (nSPS) is 17.3. The predicted molar refractivity (Wildman–Crippen MR) is 103 cm³/mol. The van der Waals surface area contributed by atoms with Crippen LogP contribution in [-0.2, 0) is 28.2 Å². The van der Waals surface area contributed by atoms with Gasteiger partial charge in [-0.25, -0.2) is 4.79 Å². The maximum Gasteiger partial charge on any atom is 2.00 e. The summed E-state index contributed by atoms with van der Waals surface area (Å²) in [6, 6.07) is 0. The van der Waals surface area contributed by atoms with Crippen LogP contribution >= 0.6 is 7.82 Å². The van der Waals surface area contributed by atoms with Crippen molar-refractivity contribution in [2.24, 2.45) is 0 Å². The molecule has 30 heavy (non-hydrogen) atoms. The fraction of sp³-hybridized carbons (Fsp3) is 0.778. The Balaban J connectivity index is 0.00000841. The molecule has 0 fully saturated rings. The SMILES string of the molecule is CCCCCCCCCCCC(=O)OC[C@H](O)[C@H]1OC(=O)C(OP(=O)([O-])[O-])=C1O.[Mg+2]. The van der Waals surface area contributed by atoms with E-state index >= 15 is 0 Å². The van der Waals surface area contributed by atoms with Crippen LogP contribution in [0.5, 0.6) is 0 Å². The van der Waals surface area contributed by atoms with Crippen LogP contribution in [0.15, 0.2) is 11.5 Å². The van der Waals surface area contributed by atoms with Crippen LogP contribution in [0, 0.1) is 0 Å². The van der Waals surface area contributed by atoms with E-state index in [1.807, 2.05) is 0 Å². The Hall–Kier alpha value is -0.844. The van der Waals surface area contributed by atoms with E-state index in [0.717, 1.165) is 19.3 Å². The molecule has 0 amide bonds. The quantitative estimate of drug-likeness (QED) is 0.155. The van der Waals surface area contributed by atoms with Gasteiger partial charge in [-0.15, -0.1) is 0 Å². The maximum atomic E-state index is 11.7. The van der Waals surface area contributed by atoms with Gasteiger partial charge in [0, 0.05) is 6.42 Å². The third kappa shape index (κ3) is 11.5. The molecule has 12 heteroatoms. The molecule has 0 saturated carbocycles. The zero-order chi connectivity index (χ0) is 21.9. The monoisotopic (exact) mass is 460 g/mol. The summed E-state index contributed by atoms with van der Waals surface area (Å²) in [6.07, 6.45) is 6.67. The van der Waals surface area contributed by atoms with Gasteiger partial charge in [0.1, 0.15) is 20.5 Å². The minimum absolute atomic E-state index is 0. The number of aliphatic hydroxyl groups is 2. The second-order valence-corrected chi connectivity index (χ2v) is 7.98. The summed E-state index contributed by atoms with van der Waals surface area (Å²) in [4.78, 5) is 44.3. The number of phosphoric ester groups is 1. The number of esters is 2. The molecule has 1 heterocycles. The first-order chi connectivity index (χ1) is 13.7. The van der Waals surface area contributed by atoms with Crippen molar-refractivity contribution in [1.82, 2.24) is 0 Å². The third-order valence-electron chi connectivity index (χ3n) is 4.37. The molecule has 0 radical (unpaired) electrons. The molecule has 0 aromatic heterocycles. The predicted octanol–water partition coefficient (Wildman–Crippen LogP) is 0.971. The van der Waals surface area contributed by atoms with Gasteiger partial charge in [-0.1, -0.05) is 58.3 Å². The van der Waals surface area contributed by atoms with Gasteiger partial charge in [-0.2, -0.15) is 0 Å². The molecule has 0 aromatic rings. The van der Waals surface area contributed by atoms with Crippen LogP contribution in [0.25, 0.3) is 0 Å². The molecule has 168 valence electrons. The van der Waals surface area contributed by atoms with Crippen LogP contribution in [0.1, 0.15) is 71.1 Å². The number of unbranched alkanes of at least 4 members (excludes halogenated alkanes) is 8. The Labute approximate surface area is 192 Å². The summed E-state index contributed by atoms with van der Waals surface area (Å²) in [5, 5.41) is 19.6. The molecule has 1 aliphatic heterocycles. The van der Waals surface area contributed by atoms with Crippen molar-refractivity contribution < 1.29 is 48.2 Å². The number of cyclic esters (lactones) is 1. The van der Waals surface area contributed by atoms with Crippen molar-refractivity contribution in [1.29, 1.82) is 0 Å².